The number of Topliss-reactive ketones (excluding diaryl/α,β-unsaturated/α-hetero) is 1. The summed E-state index contributed by atoms with van der Waals surface area (Å²) in [7, 11) is 0. The number of rotatable bonds is 9. The number of carbonyl (C=O) groups is 4. The van der Waals surface area contributed by atoms with Crippen molar-refractivity contribution in [3.63, 3.8) is 0 Å². The van der Waals surface area contributed by atoms with Crippen LogP contribution in [0.3, 0.4) is 0 Å². The second-order valence-corrected chi connectivity index (χ2v) is 10.00. The third-order valence-corrected chi connectivity index (χ3v) is 7.20. The predicted octanol–water partition coefficient (Wildman–Crippen LogP) is 4.03. The highest BCUT2D eigenvalue weighted by molar-refractivity contribution is 7.99. The Morgan fingerprint density at radius 1 is 0.872 bits per heavy atom. The summed E-state index contributed by atoms with van der Waals surface area (Å²) in [5.41, 5.74) is 3.38. The van der Waals surface area contributed by atoms with E-state index in [0.29, 0.717) is 46.3 Å². The van der Waals surface area contributed by atoms with Crippen LogP contribution in [0.1, 0.15) is 49.4 Å². The number of ketones is 1. The van der Waals surface area contributed by atoms with Crippen LogP contribution in [-0.2, 0) is 11.2 Å². The van der Waals surface area contributed by atoms with Crippen molar-refractivity contribution in [3.8, 4) is 5.69 Å². The van der Waals surface area contributed by atoms with Crippen molar-refractivity contribution >= 4 is 41.0 Å². The lowest BCUT2D eigenvalue weighted by molar-refractivity contribution is -0.118. The molecule has 10 heteroatoms. The summed E-state index contributed by atoms with van der Waals surface area (Å²) in [4.78, 5) is 51.4. The van der Waals surface area contributed by atoms with Crippen molar-refractivity contribution in [1.82, 2.24) is 20.1 Å². The molecule has 1 aliphatic heterocycles. The van der Waals surface area contributed by atoms with E-state index < -0.39 is 11.8 Å². The summed E-state index contributed by atoms with van der Waals surface area (Å²) >= 11 is 1.24. The van der Waals surface area contributed by atoms with E-state index in [-0.39, 0.29) is 17.4 Å². The van der Waals surface area contributed by atoms with Crippen molar-refractivity contribution in [1.29, 1.82) is 0 Å². The van der Waals surface area contributed by atoms with E-state index in [1.54, 1.807) is 48.5 Å². The molecule has 0 aliphatic carbocycles. The number of carbonyl (C=O) groups excluding carboxylic acids is 4. The maximum Gasteiger partial charge on any atom is 0.266 e. The molecule has 0 saturated heterocycles. The first-order chi connectivity index (χ1) is 18.8. The summed E-state index contributed by atoms with van der Waals surface area (Å²) in [5, 5.41) is 11.9. The minimum atomic E-state index is -0.410. The second kappa shape index (κ2) is 11.0. The minimum absolute atomic E-state index is 0.0707. The highest BCUT2D eigenvalue weighted by atomic mass is 32.2. The number of aryl methyl sites for hydroxylation is 1. The molecular formula is C29H25N5O4S. The SMILES string of the molecule is CC(=O)NCCc1nnc(SCC(=O)c2cccc(N3C(=O)c4ccccc4C3=O)c2)n1-c1ccc(C)cc1. The number of benzene rings is 3. The van der Waals surface area contributed by atoms with Gasteiger partial charge in [-0.15, -0.1) is 10.2 Å². The van der Waals surface area contributed by atoms with E-state index in [1.807, 2.05) is 35.8 Å². The topological polar surface area (TPSA) is 114 Å². The summed E-state index contributed by atoms with van der Waals surface area (Å²) in [6.07, 6.45) is 0.470. The second-order valence-electron chi connectivity index (χ2n) is 9.06. The molecule has 0 spiro atoms. The lowest BCUT2D eigenvalue weighted by Gasteiger charge is -2.15. The van der Waals surface area contributed by atoms with E-state index in [2.05, 4.69) is 15.5 Å². The molecule has 0 bridgehead atoms. The number of aromatic nitrogens is 3. The zero-order valence-corrected chi connectivity index (χ0v) is 22.2. The van der Waals surface area contributed by atoms with Crippen LogP contribution in [0.2, 0.25) is 0 Å². The quantitative estimate of drug-likeness (QED) is 0.194. The summed E-state index contributed by atoms with van der Waals surface area (Å²) in [5.74, 6) is -0.395. The van der Waals surface area contributed by atoms with Crippen molar-refractivity contribution in [2.75, 3.05) is 17.2 Å². The average molecular weight is 540 g/mol. The van der Waals surface area contributed by atoms with Gasteiger partial charge in [-0.3, -0.25) is 23.7 Å². The molecule has 9 nitrogen and oxygen atoms in total. The van der Waals surface area contributed by atoms with Crippen LogP contribution in [0.25, 0.3) is 5.69 Å². The zero-order chi connectivity index (χ0) is 27.5. The minimum Gasteiger partial charge on any atom is -0.356 e. The molecule has 4 aromatic rings. The Hall–Kier alpha value is -4.57. The maximum atomic E-state index is 13.2. The fourth-order valence-electron chi connectivity index (χ4n) is 4.31. The maximum absolute atomic E-state index is 13.2. The zero-order valence-electron chi connectivity index (χ0n) is 21.4. The van der Waals surface area contributed by atoms with Gasteiger partial charge in [0.05, 0.1) is 22.6 Å². The first-order valence-corrected chi connectivity index (χ1v) is 13.3. The Morgan fingerprint density at radius 2 is 1.56 bits per heavy atom. The lowest BCUT2D eigenvalue weighted by atomic mass is 10.1. The molecule has 39 heavy (non-hydrogen) atoms. The van der Waals surface area contributed by atoms with Crippen LogP contribution < -0.4 is 10.2 Å². The Labute approximate surface area is 229 Å². The average Bonchev–Trinajstić information content (AvgIpc) is 3.45. The van der Waals surface area contributed by atoms with Crippen molar-refractivity contribution in [2.45, 2.75) is 25.4 Å². The van der Waals surface area contributed by atoms with E-state index >= 15 is 0 Å². The van der Waals surface area contributed by atoms with Crippen molar-refractivity contribution < 1.29 is 19.2 Å². The largest absolute Gasteiger partial charge is 0.356 e. The highest BCUT2D eigenvalue weighted by Crippen LogP contribution is 2.29. The molecule has 0 atom stereocenters. The molecule has 0 saturated carbocycles. The standard InChI is InChI=1S/C29H25N5O4S/c1-18-10-12-21(13-11-18)33-26(14-15-30-19(2)35)31-32-29(33)39-17-25(36)20-6-5-7-22(16-20)34-27(37)23-8-3-4-9-24(23)28(34)38/h3-13,16H,14-15,17H2,1-2H3,(H,30,35). The molecule has 3 aromatic carbocycles. The van der Waals surface area contributed by atoms with Gasteiger partial charge in [-0.05, 0) is 43.3 Å². The molecule has 3 amide bonds. The van der Waals surface area contributed by atoms with Gasteiger partial charge in [-0.2, -0.15) is 0 Å². The van der Waals surface area contributed by atoms with Gasteiger partial charge < -0.3 is 5.32 Å². The third-order valence-electron chi connectivity index (χ3n) is 6.27. The summed E-state index contributed by atoms with van der Waals surface area (Å²) in [6, 6.07) is 21.1. The van der Waals surface area contributed by atoms with Gasteiger partial charge in [-0.25, -0.2) is 4.90 Å². The predicted molar refractivity (Wildman–Crippen MR) is 148 cm³/mol. The molecule has 0 unspecified atom stereocenters. The molecule has 2 heterocycles. The molecule has 5 rings (SSSR count). The number of amides is 3. The molecule has 1 N–H and O–H groups in total. The number of anilines is 1. The normalized spacial score (nSPS) is 12.5. The van der Waals surface area contributed by atoms with E-state index in [9.17, 15) is 19.2 Å². The van der Waals surface area contributed by atoms with Gasteiger partial charge in [0, 0.05) is 31.1 Å². The van der Waals surface area contributed by atoms with Gasteiger partial charge in [0.15, 0.2) is 10.9 Å². The fourth-order valence-corrected chi connectivity index (χ4v) is 5.18. The number of nitrogens with zero attached hydrogens (tertiary/aromatic N) is 4. The molecule has 0 fully saturated rings. The Bertz CT molecular complexity index is 1560. The Kier molecular flexibility index (Phi) is 7.38. The van der Waals surface area contributed by atoms with Crippen LogP contribution in [0.15, 0.2) is 78.0 Å². The summed E-state index contributed by atoms with van der Waals surface area (Å²) < 4.78 is 1.88. The van der Waals surface area contributed by atoms with Crippen molar-refractivity contribution in [2.24, 2.45) is 0 Å². The molecule has 0 radical (unpaired) electrons. The molecule has 196 valence electrons. The number of hydrogen-bond acceptors (Lipinski definition) is 7. The highest BCUT2D eigenvalue weighted by Gasteiger charge is 2.36. The monoisotopic (exact) mass is 539 g/mol. The van der Waals surface area contributed by atoms with E-state index in [4.69, 9.17) is 0 Å². The molecular weight excluding hydrogens is 514 g/mol. The van der Waals surface area contributed by atoms with Crippen LogP contribution in [0.4, 0.5) is 5.69 Å². The number of imide groups is 1. The first-order valence-electron chi connectivity index (χ1n) is 12.3. The Morgan fingerprint density at radius 3 is 2.23 bits per heavy atom. The summed E-state index contributed by atoms with van der Waals surface area (Å²) in [6.45, 7) is 3.87. The van der Waals surface area contributed by atoms with Gasteiger partial charge >= 0.3 is 0 Å². The van der Waals surface area contributed by atoms with Gasteiger partial charge in [0.2, 0.25) is 5.91 Å². The van der Waals surface area contributed by atoms with Crippen molar-refractivity contribution in [3.05, 3.63) is 101 Å². The first kappa shape index (κ1) is 26.1. The lowest BCUT2D eigenvalue weighted by Crippen LogP contribution is -2.29. The van der Waals surface area contributed by atoms with Gasteiger partial charge in [0.25, 0.3) is 11.8 Å². The number of hydrogen-bond donors (Lipinski definition) is 1. The van der Waals surface area contributed by atoms with Crippen LogP contribution >= 0.6 is 11.8 Å². The number of thioether (sulfide) groups is 1. The molecule has 1 aliphatic rings. The van der Waals surface area contributed by atoms with Gasteiger partial charge in [0.1, 0.15) is 5.82 Å². The van der Waals surface area contributed by atoms with E-state index in [1.165, 1.54) is 18.7 Å². The van der Waals surface area contributed by atoms with E-state index in [0.717, 1.165) is 16.2 Å². The van der Waals surface area contributed by atoms with Crippen LogP contribution in [0, 0.1) is 6.92 Å². The number of nitrogens with one attached hydrogen (secondary N) is 1. The van der Waals surface area contributed by atoms with Crippen LogP contribution in [0.5, 0.6) is 0 Å². The smallest absolute Gasteiger partial charge is 0.266 e. The molecule has 1 aromatic heterocycles. The Balaban J connectivity index is 1.35. The van der Waals surface area contributed by atoms with Crippen LogP contribution in [-0.4, -0.2) is 50.6 Å². The third kappa shape index (κ3) is 5.37. The van der Waals surface area contributed by atoms with Gasteiger partial charge in [-0.1, -0.05) is 53.7 Å². The number of fused-ring (bicyclic) bond motifs is 1. The fraction of sp³-hybridized carbons (Fsp3) is 0.172.